The maximum absolute atomic E-state index is 13.3. The van der Waals surface area contributed by atoms with E-state index in [1.54, 1.807) is 7.11 Å². The Morgan fingerprint density at radius 3 is 2.58 bits per heavy atom. The minimum atomic E-state index is -0.563. The lowest BCUT2D eigenvalue weighted by Gasteiger charge is -2.28. The van der Waals surface area contributed by atoms with Gasteiger partial charge in [0.15, 0.2) is 11.5 Å². The normalized spacial score (nSPS) is 15.7. The topological polar surface area (TPSA) is 68.8 Å². The van der Waals surface area contributed by atoms with Crippen LogP contribution >= 0.6 is 0 Å². The van der Waals surface area contributed by atoms with E-state index in [0.29, 0.717) is 30.3 Å². The fourth-order valence-corrected chi connectivity index (χ4v) is 3.54. The Morgan fingerprint density at radius 2 is 1.81 bits per heavy atom. The van der Waals surface area contributed by atoms with Crippen LogP contribution in [0.1, 0.15) is 17.2 Å². The molecule has 6 heteroatoms. The van der Waals surface area contributed by atoms with Gasteiger partial charge >= 0.3 is 0 Å². The van der Waals surface area contributed by atoms with Crippen LogP contribution < -0.4 is 24.8 Å². The van der Waals surface area contributed by atoms with Gasteiger partial charge in [0.2, 0.25) is 5.91 Å². The molecule has 0 spiro atoms. The van der Waals surface area contributed by atoms with Crippen molar-refractivity contribution in [3.05, 3.63) is 83.9 Å². The van der Waals surface area contributed by atoms with E-state index in [-0.39, 0.29) is 12.0 Å². The predicted molar refractivity (Wildman–Crippen MR) is 120 cm³/mol. The number of para-hydroxylation sites is 2. The Bertz CT molecular complexity index is 1040. The van der Waals surface area contributed by atoms with Gasteiger partial charge in [-0.25, -0.2) is 0 Å². The van der Waals surface area contributed by atoms with Gasteiger partial charge in [-0.05, 0) is 42.3 Å². The third-order valence-corrected chi connectivity index (χ3v) is 5.13. The minimum absolute atomic E-state index is 0.174. The Kier molecular flexibility index (Phi) is 6.38. The van der Waals surface area contributed by atoms with Gasteiger partial charge in [0.1, 0.15) is 24.5 Å². The average molecular weight is 418 g/mol. The van der Waals surface area contributed by atoms with E-state index in [0.717, 1.165) is 16.9 Å². The molecular weight excluding hydrogens is 392 g/mol. The van der Waals surface area contributed by atoms with Crippen LogP contribution in [0.5, 0.6) is 17.2 Å². The van der Waals surface area contributed by atoms with Gasteiger partial charge in [0.05, 0.1) is 12.8 Å². The number of fused-ring (bicyclic) bond motifs is 1. The molecule has 0 unspecified atom stereocenters. The van der Waals surface area contributed by atoms with Gasteiger partial charge in [-0.3, -0.25) is 10.1 Å². The van der Waals surface area contributed by atoms with Crippen LogP contribution in [0.4, 0.5) is 5.69 Å². The summed E-state index contributed by atoms with van der Waals surface area (Å²) in [7, 11) is 1.59. The van der Waals surface area contributed by atoms with E-state index in [9.17, 15) is 4.79 Å². The van der Waals surface area contributed by atoms with E-state index in [4.69, 9.17) is 14.2 Å². The molecule has 6 nitrogen and oxygen atoms in total. The molecule has 160 valence electrons. The maximum atomic E-state index is 13.3. The number of nitrogens with one attached hydrogen (secondary N) is 2. The number of benzene rings is 3. The van der Waals surface area contributed by atoms with Gasteiger partial charge in [-0.15, -0.1) is 0 Å². The number of methoxy groups -OCH3 is 1. The summed E-state index contributed by atoms with van der Waals surface area (Å²) in [5.74, 6) is 1.90. The first kappa shape index (κ1) is 20.8. The largest absolute Gasteiger partial charge is 0.495 e. The van der Waals surface area contributed by atoms with E-state index >= 15 is 0 Å². The molecule has 0 aromatic heterocycles. The molecule has 0 saturated heterocycles. The zero-order valence-corrected chi connectivity index (χ0v) is 17.6. The van der Waals surface area contributed by atoms with E-state index in [1.165, 1.54) is 0 Å². The number of hydrogen-bond acceptors (Lipinski definition) is 5. The standard InChI is InChI=1S/C25H26N2O4/c1-17-12-13-21(29-2)20(14-17)27-25(28)24(18-8-4-3-5-9-18)26-15-19-16-30-22-10-6-7-11-23(22)31-19/h3-14,19,24,26H,15-16H2,1-2H3,(H,27,28)/t19-,24-/m0/s1. The van der Waals surface area contributed by atoms with Crippen LogP contribution in [-0.2, 0) is 4.79 Å². The molecular formula is C25H26N2O4. The highest BCUT2D eigenvalue weighted by Gasteiger charge is 2.26. The molecule has 4 rings (SSSR count). The smallest absolute Gasteiger partial charge is 0.246 e. The quantitative estimate of drug-likeness (QED) is 0.604. The number of amides is 1. The van der Waals surface area contributed by atoms with Crippen molar-refractivity contribution in [1.29, 1.82) is 0 Å². The summed E-state index contributed by atoms with van der Waals surface area (Å²) in [6.45, 7) is 2.84. The van der Waals surface area contributed by atoms with E-state index in [2.05, 4.69) is 10.6 Å². The molecule has 1 aliphatic rings. The number of anilines is 1. The minimum Gasteiger partial charge on any atom is -0.495 e. The Morgan fingerprint density at radius 1 is 1.06 bits per heavy atom. The summed E-state index contributed by atoms with van der Waals surface area (Å²) in [6.07, 6.45) is -0.206. The van der Waals surface area contributed by atoms with Gasteiger partial charge in [0, 0.05) is 6.54 Å². The van der Waals surface area contributed by atoms with Crippen LogP contribution in [0.25, 0.3) is 0 Å². The second kappa shape index (κ2) is 9.53. The highest BCUT2D eigenvalue weighted by molar-refractivity contribution is 5.96. The van der Waals surface area contributed by atoms with Crippen molar-refractivity contribution < 1.29 is 19.0 Å². The van der Waals surface area contributed by atoms with Crippen molar-refractivity contribution >= 4 is 11.6 Å². The van der Waals surface area contributed by atoms with Crippen LogP contribution in [0, 0.1) is 6.92 Å². The molecule has 1 heterocycles. The molecule has 1 aliphatic heterocycles. The average Bonchev–Trinajstić information content (AvgIpc) is 2.80. The number of aryl methyl sites for hydroxylation is 1. The molecule has 0 saturated carbocycles. The molecule has 0 bridgehead atoms. The van der Waals surface area contributed by atoms with Crippen molar-refractivity contribution in [3.8, 4) is 17.2 Å². The van der Waals surface area contributed by atoms with Crippen molar-refractivity contribution in [2.75, 3.05) is 25.6 Å². The molecule has 0 radical (unpaired) electrons. The molecule has 3 aromatic rings. The van der Waals surface area contributed by atoms with Crippen LogP contribution in [0.15, 0.2) is 72.8 Å². The van der Waals surface area contributed by atoms with Gasteiger partial charge in [-0.1, -0.05) is 48.5 Å². The number of rotatable bonds is 7. The molecule has 3 aromatic carbocycles. The molecule has 0 aliphatic carbocycles. The first-order chi connectivity index (χ1) is 15.1. The van der Waals surface area contributed by atoms with Crippen molar-refractivity contribution in [2.45, 2.75) is 19.1 Å². The van der Waals surface area contributed by atoms with Gasteiger partial charge < -0.3 is 19.5 Å². The van der Waals surface area contributed by atoms with Gasteiger partial charge in [-0.2, -0.15) is 0 Å². The molecule has 31 heavy (non-hydrogen) atoms. The van der Waals surface area contributed by atoms with Crippen LogP contribution in [-0.4, -0.2) is 32.3 Å². The zero-order valence-electron chi connectivity index (χ0n) is 17.6. The molecule has 2 N–H and O–H groups in total. The van der Waals surface area contributed by atoms with Gasteiger partial charge in [0.25, 0.3) is 0 Å². The van der Waals surface area contributed by atoms with Crippen molar-refractivity contribution in [2.24, 2.45) is 0 Å². The second-order valence-electron chi connectivity index (χ2n) is 7.44. The highest BCUT2D eigenvalue weighted by atomic mass is 16.6. The summed E-state index contributed by atoms with van der Waals surface area (Å²) in [6, 6.07) is 22.3. The highest BCUT2D eigenvalue weighted by Crippen LogP contribution is 2.31. The SMILES string of the molecule is COc1ccc(C)cc1NC(=O)[C@@H](NC[C@H]1COc2ccccc2O1)c1ccccc1. The predicted octanol–water partition coefficient (Wildman–Crippen LogP) is 4.11. The van der Waals surface area contributed by atoms with Crippen LogP contribution in [0.3, 0.4) is 0 Å². The fourth-order valence-electron chi connectivity index (χ4n) is 3.54. The summed E-state index contributed by atoms with van der Waals surface area (Å²) < 4.78 is 17.2. The number of hydrogen-bond donors (Lipinski definition) is 2. The Labute approximate surface area is 182 Å². The second-order valence-corrected chi connectivity index (χ2v) is 7.44. The van der Waals surface area contributed by atoms with E-state index in [1.807, 2.05) is 79.7 Å². The number of carbonyl (C=O) groups excluding carboxylic acids is 1. The Balaban J connectivity index is 1.49. The first-order valence-corrected chi connectivity index (χ1v) is 10.3. The summed E-state index contributed by atoms with van der Waals surface area (Å²) in [5.41, 5.74) is 2.54. The summed E-state index contributed by atoms with van der Waals surface area (Å²) in [5, 5.41) is 6.36. The summed E-state index contributed by atoms with van der Waals surface area (Å²) in [4.78, 5) is 13.3. The lowest BCUT2D eigenvalue weighted by atomic mass is 10.1. The lowest BCUT2D eigenvalue weighted by molar-refractivity contribution is -0.118. The Hall–Kier alpha value is -3.51. The van der Waals surface area contributed by atoms with Crippen molar-refractivity contribution in [1.82, 2.24) is 5.32 Å². The van der Waals surface area contributed by atoms with Crippen molar-refractivity contribution in [3.63, 3.8) is 0 Å². The first-order valence-electron chi connectivity index (χ1n) is 10.3. The molecule has 2 atom stereocenters. The summed E-state index contributed by atoms with van der Waals surface area (Å²) >= 11 is 0. The zero-order chi connectivity index (χ0) is 21.6. The maximum Gasteiger partial charge on any atom is 0.246 e. The number of ether oxygens (including phenoxy) is 3. The lowest BCUT2D eigenvalue weighted by Crippen LogP contribution is -2.42. The third-order valence-electron chi connectivity index (χ3n) is 5.13. The van der Waals surface area contributed by atoms with E-state index < -0.39 is 6.04 Å². The third kappa shape index (κ3) is 4.98. The number of carbonyl (C=O) groups is 1. The monoisotopic (exact) mass is 418 g/mol. The fraction of sp³-hybridized carbons (Fsp3) is 0.240. The van der Waals surface area contributed by atoms with Crippen LogP contribution in [0.2, 0.25) is 0 Å². The molecule has 1 amide bonds. The molecule has 0 fully saturated rings.